The predicted molar refractivity (Wildman–Crippen MR) is 262 cm³/mol. The number of nitrogens with zero attached hydrogens (tertiary/aromatic N) is 2. The molecule has 320 valence electrons. The Morgan fingerprint density at radius 3 is 1.45 bits per heavy atom. The van der Waals surface area contributed by atoms with E-state index in [0.29, 0.717) is 11.4 Å². The van der Waals surface area contributed by atoms with Crippen molar-refractivity contribution in [2.24, 2.45) is 0 Å². The van der Waals surface area contributed by atoms with Crippen LogP contribution in [0.1, 0.15) is 11.1 Å². The second-order valence-corrected chi connectivity index (χ2v) is 18.5. The monoisotopic (exact) mass is 900 g/mol. The van der Waals surface area contributed by atoms with E-state index in [-0.39, 0.29) is 18.5 Å². The van der Waals surface area contributed by atoms with Crippen molar-refractivity contribution in [2.75, 3.05) is 9.80 Å². The molecule has 0 unspecified atom stereocenters. The first-order valence-corrected chi connectivity index (χ1v) is 22.8. The van der Waals surface area contributed by atoms with Crippen molar-refractivity contribution in [1.29, 1.82) is 0 Å². The van der Waals surface area contributed by atoms with Crippen molar-refractivity contribution in [2.45, 2.75) is 22.1 Å². The van der Waals surface area contributed by atoms with Crippen LogP contribution in [-0.2, 0) is 12.4 Å². The van der Waals surface area contributed by atoms with Gasteiger partial charge in [-0.2, -0.15) is 26.3 Å². The van der Waals surface area contributed by atoms with Crippen LogP contribution in [0.5, 0.6) is 0 Å². The summed E-state index contributed by atoms with van der Waals surface area (Å²) in [6.45, 7) is -0.711. The third-order valence-corrected chi connectivity index (χ3v) is 14.9. The molecule has 11 heteroatoms. The van der Waals surface area contributed by atoms with Crippen molar-refractivity contribution in [3.05, 3.63) is 205 Å². The van der Waals surface area contributed by atoms with Crippen LogP contribution in [0, 0.1) is 0 Å². The maximum atomic E-state index is 15.5. The molecule has 4 aliphatic rings. The van der Waals surface area contributed by atoms with E-state index in [2.05, 4.69) is 89.8 Å². The molecule has 9 aromatic carbocycles. The van der Waals surface area contributed by atoms with E-state index in [9.17, 15) is 13.2 Å². The number of hydrogen-bond acceptors (Lipinski definition) is 3. The topological polar surface area (TPSA) is 6.48 Å². The third-order valence-electron chi connectivity index (χ3n) is 13.7. The second kappa shape index (κ2) is 14.6. The summed E-state index contributed by atoms with van der Waals surface area (Å²) in [7, 11) is 0. The molecule has 0 atom stereocenters. The molecule has 0 N–H and O–H groups in total. The lowest BCUT2D eigenvalue weighted by Gasteiger charge is -2.49. The predicted octanol–water partition coefficient (Wildman–Crippen LogP) is 12.1. The van der Waals surface area contributed by atoms with Crippen molar-refractivity contribution in [3.8, 4) is 33.4 Å². The van der Waals surface area contributed by atoms with Gasteiger partial charge >= 0.3 is 12.4 Å². The average molecular weight is 901 g/mol. The molecule has 0 bridgehead atoms. The Morgan fingerprint density at radius 1 is 0.343 bits per heavy atom. The first kappa shape index (κ1) is 40.0. The van der Waals surface area contributed by atoms with Gasteiger partial charge in [0.25, 0.3) is 6.71 Å². The zero-order valence-corrected chi connectivity index (χ0v) is 36.0. The minimum atomic E-state index is -5.13. The van der Waals surface area contributed by atoms with Gasteiger partial charge in [-0.15, -0.1) is 0 Å². The zero-order valence-electron chi connectivity index (χ0n) is 35.2. The normalized spacial score (nSPS) is 13.9. The summed E-state index contributed by atoms with van der Waals surface area (Å²) >= 11 is 1.58. The summed E-state index contributed by atoms with van der Waals surface area (Å²) < 4.78 is 89.5. The standard InChI is InChI=1S/C56H32B2F6N2S/c59-55(60,61)39-23-27-45(40(31-39)56(62,63)64)65-46-26-22-36(33-12-4-1-5-13-33)28-44(46)58-42-25-21-38(35-16-8-3-9-17-35)30-48(42)66-47-29-37(34-14-6-2-7-15-34)20-24-41(47)57-43-18-10-11-19-50(43)67-51-32-49(65)52(58)54(66)53(51)57/h1-32H. The molecule has 0 fully saturated rings. The quantitative estimate of drug-likeness (QED) is 0.128. The fourth-order valence-electron chi connectivity index (χ4n) is 10.9. The molecule has 0 saturated heterocycles. The Labute approximate surface area is 387 Å². The smallest absolute Gasteiger partial charge is 0.312 e. The number of hydrogen-bond donors (Lipinski definition) is 0. The average Bonchev–Trinajstić information content (AvgIpc) is 3.35. The van der Waals surface area contributed by atoms with E-state index in [1.807, 2.05) is 91.0 Å². The van der Waals surface area contributed by atoms with E-state index < -0.39 is 30.2 Å². The van der Waals surface area contributed by atoms with Crippen LogP contribution in [0.4, 0.5) is 60.5 Å². The van der Waals surface area contributed by atoms with Crippen LogP contribution in [-0.4, -0.2) is 13.4 Å². The molecule has 0 radical (unpaired) electrons. The maximum absolute atomic E-state index is 15.5. The van der Waals surface area contributed by atoms with Crippen molar-refractivity contribution < 1.29 is 26.3 Å². The van der Waals surface area contributed by atoms with Crippen LogP contribution in [0.2, 0.25) is 0 Å². The Hall–Kier alpha value is -7.36. The van der Waals surface area contributed by atoms with Gasteiger partial charge in [0.2, 0.25) is 6.71 Å². The summed E-state index contributed by atoms with van der Waals surface area (Å²) in [5.74, 6) is 0. The van der Waals surface area contributed by atoms with Gasteiger partial charge in [0, 0.05) is 38.2 Å². The number of anilines is 6. The largest absolute Gasteiger partial charge is 0.418 e. The lowest BCUT2D eigenvalue weighted by atomic mass is 9.29. The van der Waals surface area contributed by atoms with Crippen LogP contribution >= 0.6 is 11.8 Å². The number of benzene rings is 9. The summed E-state index contributed by atoms with van der Waals surface area (Å²) in [5.41, 5.74) is 12.3. The highest BCUT2D eigenvalue weighted by molar-refractivity contribution is 8.00. The van der Waals surface area contributed by atoms with E-state index >= 15 is 13.2 Å². The lowest BCUT2D eigenvalue weighted by Crippen LogP contribution is -2.68. The molecule has 13 rings (SSSR count). The molecule has 0 aromatic heterocycles. The van der Waals surface area contributed by atoms with Gasteiger partial charge in [-0.25, -0.2) is 0 Å². The van der Waals surface area contributed by atoms with E-state index in [0.717, 1.165) is 105 Å². The Bertz CT molecular complexity index is 3510. The van der Waals surface area contributed by atoms with Crippen LogP contribution in [0.3, 0.4) is 0 Å². The van der Waals surface area contributed by atoms with Crippen LogP contribution in [0.15, 0.2) is 204 Å². The Kier molecular flexibility index (Phi) is 8.69. The molecule has 4 aliphatic heterocycles. The molecule has 0 spiro atoms. The zero-order chi connectivity index (χ0) is 45.3. The summed E-state index contributed by atoms with van der Waals surface area (Å²) in [6, 6.07) is 61.4. The first-order chi connectivity index (χ1) is 32.5. The SMILES string of the molecule is FC(F)(F)c1ccc(N2c3ccc(-c4ccccc4)cc3B3c4ccc(-c5ccccc5)cc4N4c5cc(-c6ccccc6)ccc5B5c6ccccc6Sc6cc2c3c4c65)c(C(F)(F)F)c1. The van der Waals surface area contributed by atoms with Gasteiger partial charge in [0.1, 0.15) is 0 Å². The van der Waals surface area contributed by atoms with Gasteiger partial charge in [0.15, 0.2) is 0 Å². The lowest BCUT2D eigenvalue weighted by molar-refractivity contribution is -0.142. The molecule has 0 amide bonds. The Morgan fingerprint density at radius 2 is 0.866 bits per heavy atom. The van der Waals surface area contributed by atoms with Gasteiger partial charge in [-0.3, -0.25) is 0 Å². The van der Waals surface area contributed by atoms with E-state index in [1.165, 1.54) is 0 Å². The van der Waals surface area contributed by atoms with Gasteiger partial charge in [-0.1, -0.05) is 163 Å². The molecule has 0 saturated carbocycles. The molecular weight excluding hydrogens is 868 g/mol. The molecule has 0 aliphatic carbocycles. The van der Waals surface area contributed by atoms with Crippen LogP contribution in [0.25, 0.3) is 33.4 Å². The fraction of sp³-hybridized carbons (Fsp3) is 0.0357. The molecule has 4 heterocycles. The number of halogens is 6. The molecule has 9 aromatic rings. The Balaban J connectivity index is 1.18. The summed E-state index contributed by atoms with van der Waals surface area (Å²) in [6.07, 6.45) is -10.1. The van der Waals surface area contributed by atoms with Crippen molar-refractivity contribution in [1.82, 2.24) is 0 Å². The summed E-state index contributed by atoms with van der Waals surface area (Å²) in [4.78, 5) is 5.79. The van der Waals surface area contributed by atoms with Gasteiger partial charge in [0.05, 0.1) is 16.8 Å². The van der Waals surface area contributed by atoms with Gasteiger partial charge in [-0.05, 0) is 109 Å². The number of alkyl halides is 6. The van der Waals surface area contributed by atoms with E-state index in [4.69, 9.17) is 0 Å². The maximum Gasteiger partial charge on any atom is 0.418 e. The highest BCUT2D eigenvalue weighted by Crippen LogP contribution is 2.52. The minimum absolute atomic E-state index is 0.231. The van der Waals surface area contributed by atoms with Gasteiger partial charge < -0.3 is 9.80 Å². The van der Waals surface area contributed by atoms with Crippen LogP contribution < -0.4 is 42.6 Å². The molecular formula is C56H32B2F6N2S. The second-order valence-electron chi connectivity index (χ2n) is 17.4. The van der Waals surface area contributed by atoms with Crippen molar-refractivity contribution in [3.63, 3.8) is 0 Å². The first-order valence-electron chi connectivity index (χ1n) is 22.0. The highest BCUT2D eigenvalue weighted by Gasteiger charge is 2.51. The summed E-state index contributed by atoms with van der Waals surface area (Å²) in [5, 5.41) is 0. The third kappa shape index (κ3) is 6.10. The fourth-order valence-corrected chi connectivity index (χ4v) is 12.1. The van der Waals surface area contributed by atoms with Crippen molar-refractivity contribution >= 4 is 92.1 Å². The molecule has 67 heavy (non-hydrogen) atoms. The number of fused-ring (bicyclic) bond motifs is 10. The van der Waals surface area contributed by atoms with E-state index in [1.54, 1.807) is 16.7 Å². The minimum Gasteiger partial charge on any atom is -0.312 e. The molecule has 2 nitrogen and oxygen atoms in total. The highest BCUT2D eigenvalue weighted by atomic mass is 32.2. The number of rotatable bonds is 4.